The number of carbonyl (C=O) groups excluding carboxylic acids is 2. The first-order chi connectivity index (χ1) is 19.7. The Morgan fingerprint density at radius 3 is 2.24 bits per heavy atom. The number of unbranched alkanes of at least 4 members (excludes halogenated alkanes) is 6. The van der Waals surface area contributed by atoms with Gasteiger partial charge in [-0.25, -0.2) is 4.79 Å². The normalized spacial score (nSPS) is 15.0. The Bertz CT molecular complexity index is 961. The Hall–Kier alpha value is -2.07. The molecule has 0 aliphatic rings. The first kappa shape index (κ1) is 38.0. The first-order valence-electron chi connectivity index (χ1n) is 15.0. The zero-order chi connectivity index (χ0) is 31.7. The highest BCUT2D eigenvalue weighted by Crippen LogP contribution is 2.59. The highest BCUT2D eigenvalue weighted by molar-refractivity contribution is 7.54. The molecule has 0 fully saturated rings. The molecule has 0 heterocycles. The van der Waals surface area contributed by atoms with Crippen LogP contribution in [0.2, 0.25) is 0 Å². The minimum absolute atomic E-state index is 0.0843. The van der Waals surface area contributed by atoms with Crippen molar-refractivity contribution in [2.45, 2.75) is 109 Å². The summed E-state index contributed by atoms with van der Waals surface area (Å²) in [6.45, 7) is 3.83. The molecule has 0 bridgehead atoms. The summed E-state index contributed by atoms with van der Waals surface area (Å²) in [5.74, 6) is -0.500. The molecular formula is C30H52F2N2O7P+. The quantitative estimate of drug-likeness (QED) is 0.0619. The second-order valence-electron chi connectivity index (χ2n) is 11.8. The van der Waals surface area contributed by atoms with E-state index < -0.39 is 43.9 Å². The van der Waals surface area contributed by atoms with Gasteiger partial charge in [0.25, 0.3) is 0 Å². The number of carbonyl (C=O) groups is 2. The molecule has 1 amide bonds. The van der Waals surface area contributed by atoms with Crippen LogP contribution in [0.1, 0.15) is 90.0 Å². The number of nitrogens with zero attached hydrogens (tertiary/aromatic N) is 1. The van der Waals surface area contributed by atoms with Crippen molar-refractivity contribution >= 4 is 19.7 Å². The van der Waals surface area contributed by atoms with Crippen molar-refractivity contribution in [2.75, 3.05) is 34.3 Å². The maximum Gasteiger partial charge on any atom is 0.508 e. The van der Waals surface area contributed by atoms with Gasteiger partial charge in [0.1, 0.15) is 25.9 Å². The number of benzene rings is 1. The smallest absolute Gasteiger partial charge is 0.429 e. The van der Waals surface area contributed by atoms with E-state index in [0.29, 0.717) is 22.9 Å². The summed E-state index contributed by atoms with van der Waals surface area (Å²) in [5, 5.41) is 2.57. The van der Waals surface area contributed by atoms with E-state index in [0.717, 1.165) is 38.5 Å². The van der Waals surface area contributed by atoms with Crippen LogP contribution < -0.4 is 5.32 Å². The Labute approximate surface area is 250 Å². The number of hydrogen-bond donors (Lipinski definition) is 2. The van der Waals surface area contributed by atoms with E-state index >= 15 is 8.78 Å². The number of rotatable bonds is 22. The largest absolute Gasteiger partial charge is 0.508 e. The van der Waals surface area contributed by atoms with Gasteiger partial charge in [-0.2, -0.15) is 8.78 Å². The molecule has 42 heavy (non-hydrogen) atoms. The molecule has 0 spiro atoms. The number of likely N-dealkylation sites (N-methyl/N-ethyl adjacent to an activating group) is 1. The van der Waals surface area contributed by atoms with Crippen LogP contribution in [0.3, 0.4) is 0 Å². The monoisotopic (exact) mass is 621 g/mol. The van der Waals surface area contributed by atoms with Crippen molar-refractivity contribution in [1.82, 2.24) is 5.32 Å². The van der Waals surface area contributed by atoms with Gasteiger partial charge in [0.15, 0.2) is 0 Å². The fourth-order valence-corrected chi connectivity index (χ4v) is 5.11. The molecule has 9 nitrogen and oxygen atoms in total. The van der Waals surface area contributed by atoms with Gasteiger partial charge in [0.2, 0.25) is 5.91 Å². The topological polar surface area (TPSA) is 111 Å². The van der Waals surface area contributed by atoms with E-state index in [2.05, 4.69) is 12.2 Å². The highest BCUT2D eigenvalue weighted by Gasteiger charge is 2.54. The third-order valence-electron chi connectivity index (χ3n) is 6.75. The number of amides is 1. The molecule has 0 saturated carbocycles. The lowest BCUT2D eigenvalue weighted by molar-refractivity contribution is -0.870. The number of ether oxygens (including phenoxy) is 2. The second-order valence-corrected chi connectivity index (χ2v) is 13.7. The van der Waals surface area contributed by atoms with Crippen molar-refractivity contribution < 1.29 is 46.3 Å². The lowest BCUT2D eigenvalue weighted by Gasteiger charge is -2.32. The van der Waals surface area contributed by atoms with Crippen molar-refractivity contribution in [2.24, 2.45) is 0 Å². The van der Waals surface area contributed by atoms with Gasteiger partial charge in [-0.15, -0.1) is 0 Å². The molecule has 0 aromatic heterocycles. The van der Waals surface area contributed by atoms with Crippen molar-refractivity contribution in [3.63, 3.8) is 0 Å². The summed E-state index contributed by atoms with van der Waals surface area (Å²) < 4.78 is 59.5. The van der Waals surface area contributed by atoms with Crippen LogP contribution in [-0.2, 0) is 30.0 Å². The Morgan fingerprint density at radius 2 is 1.62 bits per heavy atom. The number of nitrogens with one attached hydrogen (secondary N) is 1. The van der Waals surface area contributed by atoms with Crippen LogP contribution in [0, 0.1) is 0 Å². The number of hydrogen-bond acceptors (Lipinski definition) is 6. The third-order valence-corrected chi connectivity index (χ3v) is 8.29. The summed E-state index contributed by atoms with van der Waals surface area (Å²) in [6.07, 6.45) is 3.17. The van der Waals surface area contributed by atoms with E-state index in [1.807, 2.05) is 13.0 Å². The van der Waals surface area contributed by atoms with Crippen LogP contribution in [0.25, 0.3) is 0 Å². The van der Waals surface area contributed by atoms with Crippen molar-refractivity contribution in [3.8, 4) is 0 Å². The molecule has 3 atom stereocenters. The van der Waals surface area contributed by atoms with Crippen LogP contribution in [-0.4, -0.2) is 73.5 Å². The standard InChI is InChI=1S/C30H51F2N2O7P/c1-6-8-10-11-16-19-27(41-29(36)39-24-25-17-14-12-15-18-25)26(33-28(35)20-13-9-7-2)23-30(31,32)42(37,38)40-22-21-34(3,4)5/h12,14-15,17-18,26-27H,6-11,13,16,19-24H2,1-5H3,(H-,33,35,37,38)/p+1/t26-,27+/m0/s1. The molecule has 1 unspecified atom stereocenters. The van der Waals surface area contributed by atoms with Gasteiger partial charge >= 0.3 is 19.4 Å². The van der Waals surface area contributed by atoms with Crippen LogP contribution >= 0.6 is 7.60 Å². The first-order valence-corrected chi connectivity index (χ1v) is 16.6. The molecule has 1 aromatic rings. The predicted molar refractivity (Wildman–Crippen MR) is 159 cm³/mol. The lowest BCUT2D eigenvalue weighted by atomic mass is 9.99. The van der Waals surface area contributed by atoms with Gasteiger partial charge in [0.05, 0.1) is 27.2 Å². The van der Waals surface area contributed by atoms with Crippen LogP contribution in [0.5, 0.6) is 0 Å². The van der Waals surface area contributed by atoms with E-state index in [4.69, 9.17) is 14.0 Å². The lowest BCUT2D eigenvalue weighted by Crippen LogP contribution is -2.48. The van der Waals surface area contributed by atoms with Gasteiger partial charge < -0.3 is 24.2 Å². The SMILES string of the molecule is CCCCCCC[C@@H](OC(=O)OCc1ccccc1)[C@H](CC(F)(F)P(=O)(O)OCC[N+](C)(C)C)NC(=O)CCCCC. The van der Waals surface area contributed by atoms with Crippen LogP contribution in [0.4, 0.5) is 13.6 Å². The van der Waals surface area contributed by atoms with E-state index in [1.54, 1.807) is 45.4 Å². The number of halogens is 2. The van der Waals surface area contributed by atoms with Crippen LogP contribution in [0.15, 0.2) is 30.3 Å². The number of quaternary nitrogens is 1. The molecule has 242 valence electrons. The van der Waals surface area contributed by atoms with Crippen molar-refractivity contribution in [3.05, 3.63) is 35.9 Å². The molecule has 2 N–H and O–H groups in total. The average molecular weight is 622 g/mol. The molecule has 0 radical (unpaired) electrons. The number of alkyl halides is 2. The van der Waals surface area contributed by atoms with Gasteiger partial charge in [-0.3, -0.25) is 13.9 Å². The Balaban J connectivity index is 3.15. The Morgan fingerprint density at radius 1 is 1.00 bits per heavy atom. The fourth-order valence-electron chi connectivity index (χ4n) is 4.17. The molecular weight excluding hydrogens is 569 g/mol. The summed E-state index contributed by atoms with van der Waals surface area (Å²) in [5.41, 5.74) is -3.50. The zero-order valence-corrected chi connectivity index (χ0v) is 26.9. The fraction of sp³-hybridized carbons (Fsp3) is 0.733. The maximum atomic E-state index is 15.4. The predicted octanol–water partition coefficient (Wildman–Crippen LogP) is 7.03. The zero-order valence-electron chi connectivity index (χ0n) is 26.0. The second kappa shape index (κ2) is 19.3. The van der Waals surface area contributed by atoms with Gasteiger partial charge in [0, 0.05) is 12.8 Å². The summed E-state index contributed by atoms with van der Waals surface area (Å²) >= 11 is 0. The minimum atomic E-state index is -5.44. The molecule has 0 saturated heterocycles. The van der Waals surface area contributed by atoms with E-state index in [-0.39, 0.29) is 32.6 Å². The van der Waals surface area contributed by atoms with Gasteiger partial charge in [-0.05, 0) is 24.8 Å². The molecule has 0 aliphatic heterocycles. The molecule has 12 heteroatoms. The maximum absolute atomic E-state index is 15.4. The van der Waals surface area contributed by atoms with E-state index in [1.165, 1.54) is 0 Å². The highest BCUT2D eigenvalue weighted by atomic mass is 31.2. The third kappa shape index (κ3) is 16.0. The van der Waals surface area contributed by atoms with Gasteiger partial charge in [-0.1, -0.05) is 82.7 Å². The summed E-state index contributed by atoms with van der Waals surface area (Å²) in [4.78, 5) is 35.7. The summed E-state index contributed by atoms with van der Waals surface area (Å²) in [6, 6.07) is 7.46. The average Bonchev–Trinajstić information content (AvgIpc) is 2.90. The molecule has 0 aliphatic carbocycles. The summed E-state index contributed by atoms with van der Waals surface area (Å²) in [7, 11) is -0.0420. The van der Waals surface area contributed by atoms with E-state index in [9.17, 15) is 19.0 Å². The Kier molecular flexibility index (Phi) is 17.4. The molecule has 1 rings (SSSR count). The molecule has 1 aromatic carbocycles. The minimum Gasteiger partial charge on any atom is -0.429 e. The van der Waals surface area contributed by atoms with Crippen molar-refractivity contribution in [1.29, 1.82) is 0 Å².